The van der Waals surface area contributed by atoms with Gasteiger partial charge in [-0.1, -0.05) is 30.3 Å². The fraction of sp³-hybridized carbons (Fsp3) is 0.444. The summed E-state index contributed by atoms with van der Waals surface area (Å²) in [6.07, 6.45) is 4.55. The van der Waals surface area contributed by atoms with Crippen LogP contribution in [-0.4, -0.2) is 25.4 Å². The minimum atomic E-state index is 0.430. The van der Waals surface area contributed by atoms with Gasteiger partial charge < -0.3 is 14.8 Å². The van der Waals surface area contributed by atoms with Gasteiger partial charge in [-0.3, -0.25) is 0 Å². The third kappa shape index (κ3) is 2.30. The van der Waals surface area contributed by atoms with Crippen molar-refractivity contribution in [1.29, 1.82) is 0 Å². The van der Waals surface area contributed by atoms with Crippen LogP contribution in [0.5, 0.6) is 5.75 Å². The third-order valence-corrected chi connectivity index (χ3v) is 4.85. The van der Waals surface area contributed by atoms with Crippen molar-refractivity contribution in [2.75, 3.05) is 7.11 Å². The molecule has 0 amide bonds. The van der Waals surface area contributed by atoms with E-state index in [0.717, 1.165) is 12.3 Å². The van der Waals surface area contributed by atoms with E-state index in [0.29, 0.717) is 18.2 Å². The molecule has 2 aromatic carbocycles. The minimum absolute atomic E-state index is 0.430. The number of nitrogens with one attached hydrogen (secondary N) is 1. The van der Waals surface area contributed by atoms with Gasteiger partial charge in [0.15, 0.2) is 0 Å². The number of hydrogen-bond acceptors (Lipinski definition) is 3. The van der Waals surface area contributed by atoms with E-state index in [1.807, 2.05) is 0 Å². The standard InChI is InChI=1S/C18H21NO2/c1-20-17-8-6-12(14-4-2-3-5-15(14)17)11-19-16-10-13-7-9-18(16)21-13/h2-6,8,13,16,18-19H,7,9-11H2,1H3. The van der Waals surface area contributed by atoms with E-state index in [4.69, 9.17) is 9.47 Å². The van der Waals surface area contributed by atoms with Crippen LogP contribution < -0.4 is 10.1 Å². The molecule has 21 heavy (non-hydrogen) atoms. The Labute approximate surface area is 125 Å². The average Bonchev–Trinajstić information content (AvgIpc) is 3.15. The highest BCUT2D eigenvalue weighted by Gasteiger charge is 2.40. The van der Waals surface area contributed by atoms with Gasteiger partial charge in [-0.2, -0.15) is 0 Å². The summed E-state index contributed by atoms with van der Waals surface area (Å²) in [6, 6.07) is 13.2. The van der Waals surface area contributed by atoms with Crippen molar-refractivity contribution in [3.63, 3.8) is 0 Å². The van der Waals surface area contributed by atoms with E-state index in [2.05, 4.69) is 41.7 Å². The molecule has 2 aliphatic heterocycles. The lowest BCUT2D eigenvalue weighted by molar-refractivity contribution is 0.0973. The molecule has 2 saturated heterocycles. The molecule has 2 heterocycles. The van der Waals surface area contributed by atoms with Crippen LogP contribution in [0.3, 0.4) is 0 Å². The summed E-state index contributed by atoms with van der Waals surface area (Å²) >= 11 is 0. The minimum Gasteiger partial charge on any atom is -0.496 e. The molecule has 3 atom stereocenters. The third-order valence-electron chi connectivity index (χ3n) is 4.85. The summed E-state index contributed by atoms with van der Waals surface area (Å²) in [5.41, 5.74) is 1.33. The molecule has 3 unspecified atom stereocenters. The Morgan fingerprint density at radius 3 is 2.71 bits per heavy atom. The van der Waals surface area contributed by atoms with Gasteiger partial charge in [0.05, 0.1) is 19.3 Å². The van der Waals surface area contributed by atoms with Gasteiger partial charge in [-0.25, -0.2) is 0 Å². The quantitative estimate of drug-likeness (QED) is 0.934. The topological polar surface area (TPSA) is 30.5 Å². The van der Waals surface area contributed by atoms with Gasteiger partial charge >= 0.3 is 0 Å². The van der Waals surface area contributed by atoms with Crippen molar-refractivity contribution >= 4 is 10.8 Å². The molecule has 3 nitrogen and oxygen atoms in total. The summed E-state index contributed by atoms with van der Waals surface area (Å²) in [7, 11) is 1.73. The van der Waals surface area contributed by atoms with Gasteiger partial charge in [0.2, 0.25) is 0 Å². The van der Waals surface area contributed by atoms with Crippen LogP contribution in [0.25, 0.3) is 10.8 Å². The number of benzene rings is 2. The lowest BCUT2D eigenvalue weighted by Crippen LogP contribution is -2.37. The van der Waals surface area contributed by atoms with Crippen LogP contribution in [0.15, 0.2) is 36.4 Å². The van der Waals surface area contributed by atoms with E-state index < -0.39 is 0 Å². The maximum Gasteiger partial charge on any atom is 0.126 e. The highest BCUT2D eigenvalue weighted by molar-refractivity contribution is 5.91. The van der Waals surface area contributed by atoms with E-state index in [9.17, 15) is 0 Å². The van der Waals surface area contributed by atoms with Crippen LogP contribution in [0, 0.1) is 0 Å². The Morgan fingerprint density at radius 2 is 2.00 bits per heavy atom. The predicted octanol–water partition coefficient (Wildman–Crippen LogP) is 3.26. The molecule has 0 saturated carbocycles. The maximum absolute atomic E-state index is 5.91. The largest absolute Gasteiger partial charge is 0.496 e. The fourth-order valence-electron chi connectivity index (χ4n) is 3.76. The molecule has 110 valence electrons. The lowest BCUT2D eigenvalue weighted by atomic mass is 9.95. The van der Waals surface area contributed by atoms with Crippen molar-refractivity contribution in [2.24, 2.45) is 0 Å². The zero-order valence-electron chi connectivity index (χ0n) is 12.3. The zero-order chi connectivity index (χ0) is 14.2. The summed E-state index contributed by atoms with van der Waals surface area (Å²) < 4.78 is 11.4. The summed E-state index contributed by atoms with van der Waals surface area (Å²) in [4.78, 5) is 0. The Hall–Kier alpha value is -1.58. The molecule has 2 aromatic rings. The Kier molecular flexibility index (Phi) is 3.32. The van der Waals surface area contributed by atoms with Crippen LogP contribution in [-0.2, 0) is 11.3 Å². The first-order chi connectivity index (χ1) is 10.3. The van der Waals surface area contributed by atoms with Crippen molar-refractivity contribution in [3.8, 4) is 5.75 Å². The van der Waals surface area contributed by atoms with Crippen molar-refractivity contribution in [2.45, 2.75) is 44.1 Å². The van der Waals surface area contributed by atoms with E-state index in [1.54, 1.807) is 7.11 Å². The Bertz CT molecular complexity index is 655. The van der Waals surface area contributed by atoms with Crippen LogP contribution in [0.4, 0.5) is 0 Å². The van der Waals surface area contributed by atoms with Crippen LogP contribution in [0.2, 0.25) is 0 Å². The SMILES string of the molecule is COc1ccc(CNC2CC3CCC2O3)c2ccccc12. The molecule has 0 spiro atoms. The molecule has 0 radical (unpaired) electrons. The van der Waals surface area contributed by atoms with Gasteiger partial charge in [-0.05, 0) is 36.3 Å². The number of rotatable bonds is 4. The first kappa shape index (κ1) is 13.1. The number of methoxy groups -OCH3 is 1. The van der Waals surface area contributed by atoms with Crippen molar-refractivity contribution in [1.82, 2.24) is 5.32 Å². The van der Waals surface area contributed by atoms with E-state index in [-0.39, 0.29) is 0 Å². The molecule has 2 aliphatic rings. The molecule has 2 bridgehead atoms. The highest BCUT2D eigenvalue weighted by atomic mass is 16.5. The highest BCUT2D eigenvalue weighted by Crippen LogP contribution is 2.35. The molecule has 0 aliphatic carbocycles. The smallest absolute Gasteiger partial charge is 0.126 e. The van der Waals surface area contributed by atoms with Crippen LogP contribution >= 0.6 is 0 Å². The van der Waals surface area contributed by atoms with Crippen LogP contribution in [0.1, 0.15) is 24.8 Å². The van der Waals surface area contributed by atoms with Gasteiger partial charge in [0.25, 0.3) is 0 Å². The molecular formula is C18H21NO2. The molecule has 4 rings (SSSR count). The number of fused-ring (bicyclic) bond motifs is 3. The van der Waals surface area contributed by atoms with E-state index in [1.165, 1.54) is 35.6 Å². The Morgan fingerprint density at radius 1 is 1.14 bits per heavy atom. The molecule has 2 fully saturated rings. The van der Waals surface area contributed by atoms with Gasteiger partial charge in [0.1, 0.15) is 5.75 Å². The maximum atomic E-state index is 5.91. The van der Waals surface area contributed by atoms with Gasteiger partial charge in [0, 0.05) is 18.0 Å². The number of hydrogen-bond donors (Lipinski definition) is 1. The van der Waals surface area contributed by atoms with Crippen molar-refractivity contribution in [3.05, 3.63) is 42.0 Å². The normalized spacial score (nSPS) is 27.4. The monoisotopic (exact) mass is 283 g/mol. The summed E-state index contributed by atoms with van der Waals surface area (Å²) in [5, 5.41) is 6.15. The van der Waals surface area contributed by atoms with Crippen molar-refractivity contribution < 1.29 is 9.47 Å². The Balaban J connectivity index is 1.56. The first-order valence-electron chi connectivity index (χ1n) is 7.78. The number of ether oxygens (including phenoxy) is 2. The summed E-state index contributed by atoms with van der Waals surface area (Å²) in [5.74, 6) is 0.942. The average molecular weight is 283 g/mol. The molecule has 0 aromatic heterocycles. The predicted molar refractivity (Wildman–Crippen MR) is 83.6 cm³/mol. The lowest BCUT2D eigenvalue weighted by Gasteiger charge is -2.21. The zero-order valence-corrected chi connectivity index (χ0v) is 12.3. The first-order valence-corrected chi connectivity index (χ1v) is 7.78. The van der Waals surface area contributed by atoms with Gasteiger partial charge in [-0.15, -0.1) is 0 Å². The summed E-state index contributed by atoms with van der Waals surface area (Å²) in [6.45, 7) is 0.891. The second-order valence-corrected chi connectivity index (χ2v) is 6.07. The second-order valence-electron chi connectivity index (χ2n) is 6.07. The molecule has 1 N–H and O–H groups in total. The molecular weight excluding hydrogens is 262 g/mol. The second kappa shape index (κ2) is 5.32. The molecule has 3 heteroatoms. The fourth-order valence-corrected chi connectivity index (χ4v) is 3.76. The van der Waals surface area contributed by atoms with E-state index >= 15 is 0 Å².